The fraction of sp³-hybridized carbons (Fsp3) is 1.00. The molecule has 0 aliphatic rings. The average molecular weight is 432 g/mol. The van der Waals surface area contributed by atoms with E-state index in [1.165, 1.54) is 38.5 Å². The van der Waals surface area contributed by atoms with Crippen LogP contribution in [0, 0.1) is 0 Å². The number of halogens is 1. The molecule has 0 amide bonds. The van der Waals surface area contributed by atoms with E-state index in [1.54, 1.807) is 13.3 Å². The number of hydrogen-bond acceptors (Lipinski definition) is 0. The molecule has 0 saturated carbocycles. The zero-order valence-corrected chi connectivity index (χ0v) is 16.3. The van der Waals surface area contributed by atoms with Gasteiger partial charge in [0.15, 0.2) is 0 Å². The van der Waals surface area contributed by atoms with E-state index >= 15 is 0 Å². The first-order valence-corrected chi connectivity index (χ1v) is 14.8. The van der Waals surface area contributed by atoms with Crippen LogP contribution in [0.15, 0.2) is 0 Å². The maximum atomic E-state index is 2.33. The largest absolute Gasteiger partial charge is 0.0901 e. The molecule has 2 heteroatoms. The summed E-state index contributed by atoms with van der Waals surface area (Å²) in [4.78, 5) is 1.97. The molecule has 0 fully saturated rings. The summed E-state index contributed by atoms with van der Waals surface area (Å²) in [6, 6.07) is 0. The van der Waals surface area contributed by atoms with Crippen molar-refractivity contribution in [1.29, 1.82) is 0 Å². The number of alkyl halides is 1. The minimum absolute atomic E-state index is 0.839. The van der Waals surface area contributed by atoms with Gasteiger partial charge in [0, 0.05) is 0 Å². The van der Waals surface area contributed by atoms with Crippen molar-refractivity contribution >= 4 is 42.4 Å². The average Bonchev–Trinajstić information content (AvgIpc) is 2.31. The minimum Gasteiger partial charge on any atom is -0.0901 e. The first kappa shape index (κ1) is 18.9. The van der Waals surface area contributed by atoms with E-state index in [0.29, 0.717) is 0 Å². The van der Waals surface area contributed by atoms with Gasteiger partial charge in [0.2, 0.25) is 0 Å². The first-order chi connectivity index (χ1) is 7.35. The van der Waals surface area contributed by atoms with Gasteiger partial charge in [0.05, 0.1) is 0 Å². The van der Waals surface area contributed by atoms with Gasteiger partial charge in [-0.3, -0.25) is 0 Å². The molecule has 15 heavy (non-hydrogen) atoms. The molecule has 0 heterocycles. The maximum Gasteiger partial charge on any atom is -0.0121 e. The van der Waals surface area contributed by atoms with Gasteiger partial charge in [-0.25, -0.2) is 0 Å². The van der Waals surface area contributed by atoms with Crippen LogP contribution >= 0.6 is 22.6 Å². The van der Waals surface area contributed by atoms with Crippen LogP contribution in [0.2, 0.25) is 13.3 Å². The van der Waals surface area contributed by atoms with Crippen LogP contribution in [0.4, 0.5) is 0 Å². The van der Waals surface area contributed by atoms with E-state index in [4.69, 9.17) is 0 Å². The molecule has 0 N–H and O–H groups in total. The summed E-state index contributed by atoms with van der Waals surface area (Å²) in [7, 11) is 0. The Hall–Kier alpha value is 1.53. The summed E-state index contributed by atoms with van der Waals surface area (Å²) in [5.41, 5.74) is 0. The van der Waals surface area contributed by atoms with Crippen molar-refractivity contribution in [3.05, 3.63) is 0 Å². The second-order valence-electron chi connectivity index (χ2n) is 4.06. The molecular weight excluding hydrogens is 402 g/mol. The molecule has 0 aromatic heterocycles. The Balaban J connectivity index is 0. The molecule has 0 saturated heterocycles. The van der Waals surface area contributed by atoms with E-state index in [-0.39, 0.29) is 0 Å². The number of rotatable bonds is 9. The maximum absolute atomic E-state index is 2.33. The molecule has 0 nitrogen and oxygen atoms in total. The molecule has 0 rings (SSSR count). The standard InChI is InChI=1S/3C4H9.CH3I.Sn/c3*1-3-4-2;1-2;/h3*1,3-4H2,2H3;1H3;. The van der Waals surface area contributed by atoms with Gasteiger partial charge in [0.25, 0.3) is 0 Å². The fourth-order valence-corrected chi connectivity index (χ4v) is 11.1. The molecule has 93 valence electrons. The molecule has 0 aromatic carbocycles. The Morgan fingerprint density at radius 3 is 1.13 bits per heavy atom. The monoisotopic (exact) mass is 433 g/mol. The van der Waals surface area contributed by atoms with Crippen molar-refractivity contribution in [2.45, 2.75) is 72.6 Å². The Morgan fingerprint density at radius 2 is 0.933 bits per heavy atom. The molecule has 0 unspecified atom stereocenters. The van der Waals surface area contributed by atoms with E-state index in [9.17, 15) is 0 Å². The van der Waals surface area contributed by atoms with Crippen molar-refractivity contribution in [2.75, 3.05) is 4.93 Å². The molecule has 0 atom stereocenters. The van der Waals surface area contributed by atoms with Crippen molar-refractivity contribution in [2.24, 2.45) is 0 Å². The predicted octanol–water partition coefficient (Wildman–Crippen LogP) is 5.93. The van der Waals surface area contributed by atoms with Gasteiger partial charge < -0.3 is 0 Å². The van der Waals surface area contributed by atoms with E-state index in [1.807, 2.05) is 4.93 Å². The molecular formula is C13H30ISn. The zero-order chi connectivity index (χ0) is 11.9. The molecule has 0 aromatic rings. The number of hydrogen-bond donors (Lipinski definition) is 0. The normalized spacial score (nSPS) is 10.0. The van der Waals surface area contributed by atoms with E-state index in [0.717, 1.165) is 0 Å². The van der Waals surface area contributed by atoms with Crippen molar-refractivity contribution < 1.29 is 0 Å². The third kappa shape index (κ3) is 15.5. The smallest absolute Gasteiger partial charge is 0.0121 e. The fourth-order valence-electron chi connectivity index (χ4n) is 1.66. The summed E-state index contributed by atoms with van der Waals surface area (Å²) < 4.78 is 5.04. The van der Waals surface area contributed by atoms with Crippen LogP contribution in [0.3, 0.4) is 0 Å². The molecule has 0 aliphatic carbocycles. The van der Waals surface area contributed by atoms with E-state index < -0.39 is 19.8 Å². The van der Waals surface area contributed by atoms with Gasteiger partial charge in [-0.05, 0) is 4.93 Å². The molecule has 0 spiro atoms. The SMILES string of the molecule is CCC[CH2][Sn]([CH2]CCC)[CH2]CCC.CI. The van der Waals surface area contributed by atoms with Crippen LogP contribution in [0.1, 0.15) is 59.3 Å². The van der Waals surface area contributed by atoms with Crippen LogP contribution < -0.4 is 0 Å². The Morgan fingerprint density at radius 1 is 0.667 bits per heavy atom. The molecule has 0 aliphatic heterocycles. The Bertz CT molecular complexity index is 77.5. The van der Waals surface area contributed by atoms with Crippen molar-refractivity contribution in [3.63, 3.8) is 0 Å². The number of unbranched alkanes of at least 4 members (excludes halogenated alkanes) is 3. The van der Waals surface area contributed by atoms with Crippen molar-refractivity contribution in [1.82, 2.24) is 0 Å². The second kappa shape index (κ2) is 17.9. The summed E-state index contributed by atoms with van der Waals surface area (Å²) in [6.45, 7) is 7.00. The summed E-state index contributed by atoms with van der Waals surface area (Å²) in [6.07, 6.45) is 8.85. The van der Waals surface area contributed by atoms with Gasteiger partial charge >= 0.3 is 92.4 Å². The first-order valence-electron chi connectivity index (χ1n) is 6.56. The Labute approximate surface area is 119 Å². The van der Waals surface area contributed by atoms with Crippen LogP contribution in [0.25, 0.3) is 0 Å². The summed E-state index contributed by atoms with van der Waals surface area (Å²) in [5.74, 6) is 0. The third-order valence-electron chi connectivity index (χ3n) is 2.65. The zero-order valence-electron chi connectivity index (χ0n) is 11.2. The van der Waals surface area contributed by atoms with Gasteiger partial charge in [-0.2, -0.15) is 0 Å². The van der Waals surface area contributed by atoms with Gasteiger partial charge in [-0.15, -0.1) is 0 Å². The molecule has 1 radical (unpaired) electrons. The summed E-state index contributed by atoms with van der Waals surface area (Å²) in [5, 5.41) is 0. The Kier molecular flexibility index (Phi) is 22.5. The van der Waals surface area contributed by atoms with Crippen LogP contribution in [0.5, 0.6) is 0 Å². The van der Waals surface area contributed by atoms with Gasteiger partial charge in [0.1, 0.15) is 0 Å². The van der Waals surface area contributed by atoms with E-state index in [2.05, 4.69) is 43.4 Å². The third-order valence-corrected chi connectivity index (χ3v) is 11.7. The van der Waals surface area contributed by atoms with Crippen molar-refractivity contribution in [3.8, 4) is 0 Å². The summed E-state index contributed by atoms with van der Waals surface area (Å²) >= 11 is 1.31. The molecule has 0 bridgehead atoms. The topological polar surface area (TPSA) is 0 Å². The quantitative estimate of drug-likeness (QED) is 0.241. The van der Waals surface area contributed by atoms with Crippen LogP contribution in [-0.4, -0.2) is 24.7 Å². The second-order valence-corrected chi connectivity index (χ2v) is 12.6. The minimum atomic E-state index is -0.839. The van der Waals surface area contributed by atoms with Gasteiger partial charge in [-0.1, -0.05) is 22.6 Å². The predicted molar refractivity (Wildman–Crippen MR) is 84.8 cm³/mol. The van der Waals surface area contributed by atoms with Crippen LogP contribution in [-0.2, 0) is 0 Å².